The zero-order valence-corrected chi connectivity index (χ0v) is 26.9. The molecule has 15 heteroatoms. The highest BCUT2D eigenvalue weighted by Crippen LogP contribution is 2.28. The number of nitrogen functional groups attached to an aromatic ring is 1. The fraction of sp³-hybridized carbons (Fsp3) is 0.188. The molecule has 1 saturated heterocycles. The van der Waals surface area contributed by atoms with Gasteiger partial charge in [0.05, 0.1) is 25.6 Å². The highest BCUT2D eigenvalue weighted by atomic mass is 35.5. The van der Waals surface area contributed by atoms with Crippen molar-refractivity contribution in [1.29, 1.82) is 0 Å². The minimum Gasteiger partial charge on any atom is -0.382 e. The number of hydrogen-bond acceptors (Lipinski definition) is 11. The SMILES string of the molecule is Cc1cccc(-n2cnc3c(-c4cnc(N)cn4)nc(N4CCOCC4)nc32)c1.Cc1cccc(-n2cnc3c(Cl)nc(Cl)nc32)c1. The molecule has 0 atom stereocenters. The molecule has 0 unspecified atom stereocenters. The second-order valence-electron chi connectivity index (χ2n) is 10.8. The molecule has 0 amide bonds. The molecule has 47 heavy (non-hydrogen) atoms. The first-order chi connectivity index (χ1) is 22.8. The van der Waals surface area contributed by atoms with E-state index in [1.54, 1.807) is 18.9 Å². The van der Waals surface area contributed by atoms with Crippen molar-refractivity contribution in [2.75, 3.05) is 36.9 Å². The van der Waals surface area contributed by atoms with Crippen LogP contribution in [0, 0.1) is 13.8 Å². The van der Waals surface area contributed by atoms with Crippen molar-refractivity contribution in [2.45, 2.75) is 13.8 Å². The fourth-order valence-electron chi connectivity index (χ4n) is 5.21. The molecule has 1 fully saturated rings. The Kier molecular flexibility index (Phi) is 8.33. The van der Waals surface area contributed by atoms with E-state index in [9.17, 15) is 0 Å². The van der Waals surface area contributed by atoms with E-state index < -0.39 is 0 Å². The largest absolute Gasteiger partial charge is 0.382 e. The Morgan fingerprint density at radius 1 is 0.723 bits per heavy atom. The van der Waals surface area contributed by atoms with Gasteiger partial charge in [-0.1, -0.05) is 35.9 Å². The predicted octanol–water partition coefficient (Wildman–Crippen LogP) is 5.43. The average Bonchev–Trinajstić information content (AvgIpc) is 3.70. The Morgan fingerprint density at radius 2 is 1.36 bits per heavy atom. The summed E-state index contributed by atoms with van der Waals surface area (Å²) in [5.74, 6) is 0.988. The van der Waals surface area contributed by atoms with Gasteiger partial charge in [0.15, 0.2) is 16.4 Å². The van der Waals surface area contributed by atoms with E-state index in [1.165, 1.54) is 6.20 Å². The summed E-state index contributed by atoms with van der Waals surface area (Å²) in [6, 6.07) is 16.2. The van der Waals surface area contributed by atoms with Gasteiger partial charge in [-0.3, -0.25) is 9.13 Å². The Hall–Kier alpha value is -5.24. The number of anilines is 2. The molecule has 2 N–H and O–H groups in total. The van der Waals surface area contributed by atoms with Crippen LogP contribution in [0.25, 0.3) is 45.1 Å². The lowest BCUT2D eigenvalue weighted by atomic mass is 10.2. The summed E-state index contributed by atoms with van der Waals surface area (Å²) in [6.07, 6.45) is 6.57. The molecule has 8 rings (SSSR count). The first kappa shape index (κ1) is 30.4. The second kappa shape index (κ2) is 12.9. The molecule has 7 aromatic rings. The number of benzene rings is 2. The van der Waals surface area contributed by atoms with Gasteiger partial charge in [-0.05, 0) is 60.8 Å². The lowest BCUT2D eigenvalue weighted by Gasteiger charge is -2.27. The highest BCUT2D eigenvalue weighted by Gasteiger charge is 2.21. The van der Waals surface area contributed by atoms with Gasteiger partial charge in [-0.15, -0.1) is 0 Å². The number of aromatic nitrogens is 10. The normalized spacial score (nSPS) is 13.1. The fourth-order valence-corrected chi connectivity index (χ4v) is 5.63. The van der Waals surface area contributed by atoms with Gasteiger partial charge in [0.2, 0.25) is 11.2 Å². The minimum absolute atomic E-state index is 0.113. The maximum atomic E-state index is 5.98. The van der Waals surface area contributed by atoms with E-state index >= 15 is 0 Å². The van der Waals surface area contributed by atoms with E-state index in [-0.39, 0.29) is 10.4 Å². The Balaban J connectivity index is 0.000000167. The molecule has 13 nitrogen and oxygen atoms in total. The highest BCUT2D eigenvalue weighted by molar-refractivity contribution is 6.35. The van der Waals surface area contributed by atoms with Crippen LogP contribution in [-0.4, -0.2) is 75.3 Å². The molecular formula is C32H28Cl2N12O. The number of morpholine rings is 1. The third-order valence-corrected chi connectivity index (χ3v) is 7.91. The van der Waals surface area contributed by atoms with Gasteiger partial charge >= 0.3 is 0 Å². The summed E-state index contributed by atoms with van der Waals surface area (Å²) in [7, 11) is 0. The predicted molar refractivity (Wildman–Crippen MR) is 181 cm³/mol. The van der Waals surface area contributed by atoms with E-state index in [4.69, 9.17) is 43.6 Å². The number of ether oxygens (including phenoxy) is 1. The van der Waals surface area contributed by atoms with Crippen LogP contribution in [0.1, 0.15) is 11.1 Å². The number of nitrogens with zero attached hydrogens (tertiary/aromatic N) is 11. The Bertz CT molecular complexity index is 2210. The molecule has 5 aromatic heterocycles. The molecule has 0 saturated carbocycles. The molecular weight excluding hydrogens is 639 g/mol. The van der Waals surface area contributed by atoms with Crippen LogP contribution in [0.4, 0.5) is 11.8 Å². The van der Waals surface area contributed by atoms with Gasteiger partial charge in [-0.25, -0.2) is 29.9 Å². The summed E-state index contributed by atoms with van der Waals surface area (Å²) in [5, 5.41) is 0.373. The number of rotatable bonds is 4. The van der Waals surface area contributed by atoms with Gasteiger partial charge < -0.3 is 15.4 Å². The topological polar surface area (TPSA) is 151 Å². The maximum Gasteiger partial charge on any atom is 0.228 e. The number of fused-ring (bicyclic) bond motifs is 2. The smallest absolute Gasteiger partial charge is 0.228 e. The monoisotopic (exact) mass is 666 g/mol. The standard InChI is InChI=1S/C20H20N8O.C12H8Cl2N4/c1-13-3-2-4-14(9-13)28-12-24-18-17(15-10-23-16(21)11-22-15)25-20(26-19(18)28)27-5-7-29-8-6-27;1-7-3-2-4-8(5-7)18-6-15-9-10(13)16-12(14)17-11(9)18/h2-4,9-12H,5-8H2,1H3,(H2,21,23);2-6H,1H3. The molecule has 236 valence electrons. The zero-order chi connectivity index (χ0) is 32.5. The number of imidazole rings is 2. The van der Waals surface area contributed by atoms with Crippen LogP contribution in [-0.2, 0) is 4.74 Å². The summed E-state index contributed by atoms with van der Waals surface area (Å²) in [4.78, 5) is 37.2. The molecule has 0 aliphatic carbocycles. The molecule has 2 aromatic carbocycles. The minimum atomic E-state index is 0.113. The van der Waals surface area contributed by atoms with E-state index in [2.05, 4.69) is 53.9 Å². The number of hydrogen-bond donors (Lipinski definition) is 1. The first-order valence-corrected chi connectivity index (χ1v) is 15.5. The van der Waals surface area contributed by atoms with Crippen LogP contribution < -0.4 is 10.6 Å². The molecule has 1 aliphatic rings. The molecule has 6 heterocycles. The third kappa shape index (κ3) is 6.28. The second-order valence-corrected chi connectivity index (χ2v) is 11.5. The maximum absolute atomic E-state index is 5.98. The van der Waals surface area contributed by atoms with Crippen molar-refractivity contribution in [1.82, 2.24) is 49.0 Å². The Labute approximate surface area is 279 Å². The van der Waals surface area contributed by atoms with Gasteiger partial charge in [0, 0.05) is 24.5 Å². The van der Waals surface area contributed by atoms with Crippen molar-refractivity contribution in [3.8, 4) is 22.8 Å². The summed E-state index contributed by atoms with van der Waals surface area (Å²) in [5.41, 5.74) is 13.8. The Morgan fingerprint density at radius 3 is 1.98 bits per heavy atom. The quantitative estimate of drug-likeness (QED) is 0.189. The molecule has 0 bridgehead atoms. The summed E-state index contributed by atoms with van der Waals surface area (Å²) < 4.78 is 9.29. The van der Waals surface area contributed by atoms with Gasteiger partial charge in [0.1, 0.15) is 40.9 Å². The number of aryl methyl sites for hydroxylation is 2. The van der Waals surface area contributed by atoms with Gasteiger partial charge in [0.25, 0.3) is 0 Å². The summed E-state index contributed by atoms with van der Waals surface area (Å²) >= 11 is 11.8. The third-order valence-electron chi connectivity index (χ3n) is 7.48. The summed E-state index contributed by atoms with van der Waals surface area (Å²) in [6.45, 7) is 6.85. The number of nitrogens with two attached hydrogens (primary N) is 1. The van der Waals surface area contributed by atoms with Crippen LogP contribution in [0.15, 0.2) is 73.6 Å². The molecule has 0 radical (unpaired) electrons. The van der Waals surface area contributed by atoms with Crippen molar-refractivity contribution in [3.63, 3.8) is 0 Å². The lowest BCUT2D eigenvalue weighted by Crippen LogP contribution is -2.37. The molecule has 1 aliphatic heterocycles. The van der Waals surface area contributed by atoms with Crippen molar-refractivity contribution in [2.24, 2.45) is 0 Å². The number of halogens is 2. The lowest BCUT2D eigenvalue weighted by molar-refractivity contribution is 0.122. The van der Waals surface area contributed by atoms with Crippen molar-refractivity contribution < 1.29 is 4.74 Å². The van der Waals surface area contributed by atoms with Crippen molar-refractivity contribution >= 4 is 57.3 Å². The van der Waals surface area contributed by atoms with Crippen LogP contribution in [0.5, 0.6) is 0 Å². The zero-order valence-electron chi connectivity index (χ0n) is 25.4. The van der Waals surface area contributed by atoms with Crippen LogP contribution in [0.2, 0.25) is 10.4 Å². The average molecular weight is 668 g/mol. The van der Waals surface area contributed by atoms with Gasteiger partial charge in [-0.2, -0.15) is 9.97 Å². The van der Waals surface area contributed by atoms with E-state index in [0.717, 1.165) is 41.2 Å². The molecule has 0 spiro atoms. The van der Waals surface area contributed by atoms with Crippen LogP contribution in [0.3, 0.4) is 0 Å². The first-order valence-electron chi connectivity index (χ1n) is 14.7. The van der Waals surface area contributed by atoms with Crippen LogP contribution >= 0.6 is 23.2 Å². The van der Waals surface area contributed by atoms with E-state index in [0.29, 0.717) is 53.0 Å². The van der Waals surface area contributed by atoms with Crippen molar-refractivity contribution in [3.05, 3.63) is 95.1 Å². The van der Waals surface area contributed by atoms with E-state index in [1.807, 2.05) is 52.5 Å².